The number of furan rings is 1. The van der Waals surface area contributed by atoms with Gasteiger partial charge in [-0.1, -0.05) is 12.1 Å². The Morgan fingerprint density at radius 1 is 1.14 bits per heavy atom. The number of benzene rings is 1. The van der Waals surface area contributed by atoms with Crippen LogP contribution in [0, 0.1) is 0 Å². The van der Waals surface area contributed by atoms with Crippen LogP contribution >= 0.6 is 0 Å². The molecule has 0 fully saturated rings. The fraction of sp³-hybridized carbons (Fsp3) is 0.188. The molecule has 2 aromatic rings. The quantitative estimate of drug-likeness (QED) is 0.478. The van der Waals surface area contributed by atoms with E-state index >= 15 is 0 Å². The summed E-state index contributed by atoms with van der Waals surface area (Å²) in [5.41, 5.74) is 1.54. The zero-order chi connectivity index (χ0) is 16.1. The number of Topliss-reactive ketones (excluding diaryl/α,β-unsaturated/α-hetero) is 2. The predicted octanol–water partition coefficient (Wildman–Crippen LogP) is 2.11. The Hall–Kier alpha value is -2.89. The molecule has 0 unspecified atom stereocenters. The SMILES string of the molecule is COc1ccc(Cc2ccoc2C(=O)CC(=O)C(=O)O)cc1. The molecule has 1 N–H and O–H groups in total. The van der Waals surface area contributed by atoms with Gasteiger partial charge in [0.25, 0.3) is 0 Å². The van der Waals surface area contributed by atoms with Gasteiger partial charge >= 0.3 is 5.97 Å². The van der Waals surface area contributed by atoms with Gasteiger partial charge in [0.05, 0.1) is 19.8 Å². The van der Waals surface area contributed by atoms with E-state index < -0.39 is 24.0 Å². The Bertz CT molecular complexity index is 696. The Morgan fingerprint density at radius 3 is 2.41 bits per heavy atom. The summed E-state index contributed by atoms with van der Waals surface area (Å²) >= 11 is 0. The zero-order valence-electron chi connectivity index (χ0n) is 11.9. The van der Waals surface area contributed by atoms with E-state index in [0.29, 0.717) is 12.0 Å². The molecular weight excluding hydrogens is 288 g/mol. The van der Waals surface area contributed by atoms with Gasteiger partial charge in [-0.2, -0.15) is 0 Å². The summed E-state index contributed by atoms with van der Waals surface area (Å²) in [7, 11) is 1.57. The molecule has 22 heavy (non-hydrogen) atoms. The second-order valence-electron chi connectivity index (χ2n) is 4.63. The minimum Gasteiger partial charge on any atom is -0.497 e. The molecule has 0 aliphatic heterocycles. The average molecular weight is 302 g/mol. The first kappa shape index (κ1) is 15.5. The average Bonchev–Trinajstić information content (AvgIpc) is 2.96. The third-order valence-electron chi connectivity index (χ3n) is 3.11. The smallest absolute Gasteiger partial charge is 0.372 e. The topological polar surface area (TPSA) is 93.8 Å². The fourth-order valence-corrected chi connectivity index (χ4v) is 1.98. The van der Waals surface area contributed by atoms with E-state index in [9.17, 15) is 14.4 Å². The number of carboxylic acids is 1. The van der Waals surface area contributed by atoms with Crippen LogP contribution in [0.25, 0.3) is 0 Å². The number of aliphatic carboxylic acids is 1. The summed E-state index contributed by atoms with van der Waals surface area (Å²) in [5.74, 6) is -2.68. The number of carboxylic acid groups (broad SMARTS) is 1. The van der Waals surface area contributed by atoms with Crippen LogP contribution in [0.3, 0.4) is 0 Å². The van der Waals surface area contributed by atoms with Crippen LogP contribution in [-0.2, 0) is 16.0 Å². The normalized spacial score (nSPS) is 10.2. The number of methoxy groups -OCH3 is 1. The molecule has 0 saturated carbocycles. The van der Waals surface area contributed by atoms with E-state index in [4.69, 9.17) is 14.3 Å². The maximum atomic E-state index is 11.9. The van der Waals surface area contributed by atoms with Crippen LogP contribution < -0.4 is 4.74 Å². The Morgan fingerprint density at radius 2 is 1.82 bits per heavy atom. The van der Waals surface area contributed by atoms with E-state index in [1.165, 1.54) is 6.26 Å². The van der Waals surface area contributed by atoms with E-state index in [1.54, 1.807) is 25.3 Å². The van der Waals surface area contributed by atoms with Gasteiger partial charge in [0.2, 0.25) is 11.6 Å². The van der Waals surface area contributed by atoms with Crippen molar-refractivity contribution in [2.24, 2.45) is 0 Å². The monoisotopic (exact) mass is 302 g/mol. The minimum absolute atomic E-state index is 0.0189. The van der Waals surface area contributed by atoms with Crippen molar-refractivity contribution in [2.75, 3.05) is 7.11 Å². The van der Waals surface area contributed by atoms with Gasteiger partial charge in [0, 0.05) is 12.0 Å². The molecular formula is C16H14O6. The number of carbonyl (C=O) groups is 3. The number of rotatable bonds is 7. The molecule has 0 aliphatic rings. The van der Waals surface area contributed by atoms with Crippen LogP contribution in [-0.4, -0.2) is 29.8 Å². The van der Waals surface area contributed by atoms with Crippen molar-refractivity contribution in [3.63, 3.8) is 0 Å². The number of hydrogen-bond donors (Lipinski definition) is 1. The Balaban J connectivity index is 2.13. The molecule has 0 saturated heterocycles. The van der Waals surface area contributed by atoms with Crippen molar-refractivity contribution in [1.82, 2.24) is 0 Å². The molecule has 0 atom stereocenters. The highest BCUT2D eigenvalue weighted by Gasteiger charge is 2.22. The highest BCUT2D eigenvalue weighted by atomic mass is 16.5. The van der Waals surface area contributed by atoms with E-state index in [1.807, 2.05) is 12.1 Å². The van der Waals surface area contributed by atoms with Crippen LogP contribution in [0.1, 0.15) is 28.1 Å². The summed E-state index contributed by atoms with van der Waals surface area (Å²) in [6.07, 6.45) is 1.07. The number of hydrogen-bond acceptors (Lipinski definition) is 5. The van der Waals surface area contributed by atoms with Crippen molar-refractivity contribution < 1.29 is 28.6 Å². The molecule has 6 heteroatoms. The molecule has 0 aliphatic carbocycles. The molecule has 114 valence electrons. The van der Waals surface area contributed by atoms with Crippen molar-refractivity contribution >= 4 is 17.5 Å². The summed E-state index contributed by atoms with van der Waals surface area (Å²) in [6, 6.07) is 8.92. The second-order valence-corrected chi connectivity index (χ2v) is 4.63. The lowest BCUT2D eigenvalue weighted by Crippen LogP contribution is -2.17. The summed E-state index contributed by atoms with van der Waals surface area (Å²) in [4.78, 5) is 33.5. The lowest BCUT2D eigenvalue weighted by Gasteiger charge is -2.04. The fourth-order valence-electron chi connectivity index (χ4n) is 1.98. The van der Waals surface area contributed by atoms with E-state index in [2.05, 4.69) is 0 Å². The third kappa shape index (κ3) is 3.60. The van der Waals surface area contributed by atoms with Crippen LogP contribution in [0.2, 0.25) is 0 Å². The number of ether oxygens (including phenoxy) is 1. The van der Waals surface area contributed by atoms with E-state index in [-0.39, 0.29) is 5.76 Å². The zero-order valence-corrected chi connectivity index (χ0v) is 11.9. The standard InChI is InChI=1S/C16H14O6/c1-21-12-4-2-10(3-5-12)8-11-6-7-22-15(11)13(17)9-14(18)16(19)20/h2-7H,8-9H2,1H3,(H,19,20). The highest BCUT2D eigenvalue weighted by Crippen LogP contribution is 2.19. The van der Waals surface area contributed by atoms with Gasteiger partial charge in [-0.25, -0.2) is 4.79 Å². The van der Waals surface area contributed by atoms with Gasteiger partial charge in [-0.15, -0.1) is 0 Å². The van der Waals surface area contributed by atoms with Gasteiger partial charge in [0.1, 0.15) is 5.75 Å². The Kier molecular flexibility index (Phi) is 4.73. The van der Waals surface area contributed by atoms with Crippen LogP contribution in [0.15, 0.2) is 41.0 Å². The molecule has 6 nitrogen and oxygen atoms in total. The first-order valence-electron chi connectivity index (χ1n) is 6.50. The second kappa shape index (κ2) is 6.71. The molecule has 0 bridgehead atoms. The van der Waals surface area contributed by atoms with Gasteiger partial charge < -0.3 is 14.3 Å². The maximum absolute atomic E-state index is 11.9. The van der Waals surface area contributed by atoms with Crippen molar-refractivity contribution in [3.05, 3.63) is 53.5 Å². The van der Waals surface area contributed by atoms with Gasteiger partial charge in [-0.05, 0) is 23.8 Å². The van der Waals surface area contributed by atoms with Crippen LogP contribution in [0.5, 0.6) is 5.75 Å². The maximum Gasteiger partial charge on any atom is 0.372 e. The third-order valence-corrected chi connectivity index (χ3v) is 3.11. The minimum atomic E-state index is -1.63. The number of ketones is 2. The Labute approximate surface area is 126 Å². The predicted molar refractivity (Wildman–Crippen MR) is 76.1 cm³/mol. The first-order valence-corrected chi connectivity index (χ1v) is 6.50. The first-order chi connectivity index (χ1) is 10.5. The molecule has 0 spiro atoms. The van der Waals surface area contributed by atoms with Crippen molar-refractivity contribution in [3.8, 4) is 5.75 Å². The van der Waals surface area contributed by atoms with Crippen LogP contribution in [0.4, 0.5) is 0 Å². The van der Waals surface area contributed by atoms with Gasteiger partial charge in [-0.3, -0.25) is 9.59 Å². The van der Waals surface area contributed by atoms with E-state index in [0.717, 1.165) is 11.3 Å². The van der Waals surface area contributed by atoms with Gasteiger partial charge in [0.15, 0.2) is 5.76 Å². The van der Waals surface area contributed by atoms with Crippen molar-refractivity contribution in [1.29, 1.82) is 0 Å². The van der Waals surface area contributed by atoms with Crippen molar-refractivity contribution in [2.45, 2.75) is 12.8 Å². The molecule has 1 aromatic heterocycles. The summed E-state index contributed by atoms with van der Waals surface area (Å²) in [6.45, 7) is 0. The molecule has 1 aromatic carbocycles. The highest BCUT2D eigenvalue weighted by molar-refractivity contribution is 6.37. The molecule has 2 rings (SSSR count). The molecule has 0 radical (unpaired) electrons. The summed E-state index contributed by atoms with van der Waals surface area (Å²) < 4.78 is 10.2. The molecule has 0 amide bonds. The lowest BCUT2D eigenvalue weighted by atomic mass is 10.0. The summed E-state index contributed by atoms with van der Waals surface area (Å²) in [5, 5.41) is 8.54. The number of carbonyl (C=O) groups excluding carboxylic acids is 2. The molecule has 1 heterocycles. The largest absolute Gasteiger partial charge is 0.497 e. The lowest BCUT2D eigenvalue weighted by molar-refractivity contribution is -0.148.